The second-order valence-corrected chi connectivity index (χ2v) is 2.68. The molecule has 2 aliphatic rings. The molecule has 1 N–H and O–H groups in total. The number of hydrogen-bond acceptors (Lipinski definition) is 4. The SMILES string of the molecule is O=CC1CC2C=NC=CN2N1. The van der Waals surface area contributed by atoms with Crippen molar-refractivity contribution >= 4 is 12.5 Å². The van der Waals surface area contributed by atoms with E-state index in [0.717, 1.165) is 12.7 Å². The van der Waals surface area contributed by atoms with E-state index in [2.05, 4.69) is 10.4 Å². The molecule has 2 atom stereocenters. The van der Waals surface area contributed by atoms with Gasteiger partial charge in [0.2, 0.25) is 0 Å². The van der Waals surface area contributed by atoms with Gasteiger partial charge in [-0.3, -0.25) is 4.99 Å². The van der Waals surface area contributed by atoms with Gasteiger partial charge in [-0.2, -0.15) is 0 Å². The molecule has 4 nitrogen and oxygen atoms in total. The molecule has 2 rings (SSSR count). The lowest BCUT2D eigenvalue weighted by Crippen LogP contribution is -2.36. The topological polar surface area (TPSA) is 44.7 Å². The number of rotatable bonds is 1. The lowest BCUT2D eigenvalue weighted by atomic mass is 10.1. The number of carbonyl (C=O) groups excluding carboxylic acids is 1. The average Bonchev–Trinajstić information content (AvgIpc) is 2.46. The van der Waals surface area contributed by atoms with E-state index in [1.54, 1.807) is 6.20 Å². The molecule has 2 aliphatic heterocycles. The van der Waals surface area contributed by atoms with Gasteiger partial charge in [0.25, 0.3) is 0 Å². The molecule has 4 heteroatoms. The summed E-state index contributed by atoms with van der Waals surface area (Å²) in [5.74, 6) is 0. The zero-order valence-corrected chi connectivity index (χ0v) is 5.97. The zero-order valence-electron chi connectivity index (χ0n) is 5.97. The van der Waals surface area contributed by atoms with Crippen molar-refractivity contribution in [1.29, 1.82) is 0 Å². The van der Waals surface area contributed by atoms with Crippen LogP contribution in [0.1, 0.15) is 6.42 Å². The summed E-state index contributed by atoms with van der Waals surface area (Å²) in [4.78, 5) is 14.4. The first-order chi connectivity index (χ1) is 5.40. The summed E-state index contributed by atoms with van der Waals surface area (Å²) in [6.07, 6.45) is 7.14. The normalized spacial score (nSPS) is 34.0. The van der Waals surface area contributed by atoms with Crippen LogP contribution in [0.5, 0.6) is 0 Å². The van der Waals surface area contributed by atoms with Gasteiger partial charge in [-0.15, -0.1) is 0 Å². The van der Waals surface area contributed by atoms with Crippen LogP contribution in [0.25, 0.3) is 0 Å². The lowest BCUT2D eigenvalue weighted by molar-refractivity contribution is -0.109. The molecule has 11 heavy (non-hydrogen) atoms. The Morgan fingerprint density at radius 3 is 3.36 bits per heavy atom. The van der Waals surface area contributed by atoms with Crippen molar-refractivity contribution in [1.82, 2.24) is 10.4 Å². The van der Waals surface area contributed by atoms with Gasteiger partial charge in [0.05, 0.1) is 12.1 Å². The fraction of sp³-hybridized carbons (Fsp3) is 0.429. The van der Waals surface area contributed by atoms with Gasteiger partial charge in [-0.1, -0.05) is 0 Å². The van der Waals surface area contributed by atoms with E-state index in [0.29, 0.717) is 0 Å². The van der Waals surface area contributed by atoms with Crippen LogP contribution < -0.4 is 5.43 Å². The van der Waals surface area contributed by atoms with E-state index in [9.17, 15) is 4.79 Å². The fourth-order valence-corrected chi connectivity index (χ4v) is 1.35. The van der Waals surface area contributed by atoms with Crippen molar-refractivity contribution in [2.75, 3.05) is 0 Å². The Labute approximate surface area is 64.6 Å². The number of nitrogens with one attached hydrogen (secondary N) is 1. The Morgan fingerprint density at radius 1 is 1.73 bits per heavy atom. The minimum Gasteiger partial charge on any atom is -0.305 e. The Kier molecular flexibility index (Phi) is 1.47. The molecule has 0 aliphatic carbocycles. The van der Waals surface area contributed by atoms with Gasteiger partial charge >= 0.3 is 0 Å². The van der Waals surface area contributed by atoms with Gasteiger partial charge in [-0.25, -0.2) is 5.43 Å². The van der Waals surface area contributed by atoms with Crippen LogP contribution in [0.3, 0.4) is 0 Å². The monoisotopic (exact) mass is 151 g/mol. The van der Waals surface area contributed by atoms with Gasteiger partial charge < -0.3 is 9.80 Å². The molecular weight excluding hydrogens is 142 g/mol. The summed E-state index contributed by atoms with van der Waals surface area (Å²) in [7, 11) is 0. The first-order valence-electron chi connectivity index (χ1n) is 3.60. The van der Waals surface area contributed by atoms with Crippen LogP contribution in [0, 0.1) is 0 Å². The molecule has 0 aromatic rings. The first-order valence-corrected chi connectivity index (χ1v) is 3.60. The van der Waals surface area contributed by atoms with Gasteiger partial charge in [0.15, 0.2) is 0 Å². The zero-order chi connectivity index (χ0) is 7.68. The number of hydrogen-bond donors (Lipinski definition) is 1. The lowest BCUT2D eigenvalue weighted by Gasteiger charge is -2.20. The number of aliphatic imine (C=N–C) groups is 1. The third-order valence-corrected chi connectivity index (χ3v) is 1.90. The number of carbonyl (C=O) groups is 1. The minimum absolute atomic E-state index is 0.0470. The predicted octanol–water partition coefficient (Wildman–Crippen LogP) is -0.312. The van der Waals surface area contributed by atoms with E-state index in [1.165, 1.54) is 0 Å². The summed E-state index contributed by atoms with van der Waals surface area (Å²) in [6, 6.07) is 0.212. The van der Waals surface area contributed by atoms with Crippen molar-refractivity contribution in [2.24, 2.45) is 4.99 Å². The first kappa shape index (κ1) is 6.54. The molecule has 0 radical (unpaired) electrons. The molecule has 58 valence electrons. The third kappa shape index (κ3) is 1.05. The number of aldehydes is 1. The van der Waals surface area contributed by atoms with Crippen molar-refractivity contribution in [3.8, 4) is 0 Å². The van der Waals surface area contributed by atoms with Gasteiger partial charge in [-0.05, 0) is 6.42 Å². The smallest absolute Gasteiger partial charge is 0.138 e. The van der Waals surface area contributed by atoms with Gasteiger partial charge in [0, 0.05) is 18.6 Å². The second kappa shape index (κ2) is 2.47. The molecule has 2 heterocycles. The number of fused-ring (bicyclic) bond motifs is 1. The Morgan fingerprint density at radius 2 is 2.64 bits per heavy atom. The molecule has 0 spiro atoms. The van der Waals surface area contributed by atoms with E-state index in [1.807, 2.05) is 17.4 Å². The van der Waals surface area contributed by atoms with E-state index in [-0.39, 0.29) is 12.1 Å². The molecule has 0 aromatic carbocycles. The number of hydrazine groups is 1. The summed E-state index contributed by atoms with van der Waals surface area (Å²) < 4.78 is 0. The molecule has 0 amide bonds. The van der Waals surface area contributed by atoms with Crippen molar-refractivity contribution < 1.29 is 4.79 Å². The maximum Gasteiger partial charge on any atom is 0.138 e. The van der Waals surface area contributed by atoms with Crippen molar-refractivity contribution in [3.05, 3.63) is 12.4 Å². The highest BCUT2D eigenvalue weighted by atomic mass is 16.1. The molecule has 2 unspecified atom stereocenters. The maximum atomic E-state index is 10.4. The van der Waals surface area contributed by atoms with E-state index >= 15 is 0 Å². The minimum atomic E-state index is -0.0470. The van der Waals surface area contributed by atoms with Crippen molar-refractivity contribution in [3.63, 3.8) is 0 Å². The van der Waals surface area contributed by atoms with Crippen LogP contribution >= 0.6 is 0 Å². The highest BCUT2D eigenvalue weighted by Gasteiger charge is 2.28. The quantitative estimate of drug-likeness (QED) is 0.523. The molecule has 0 aromatic heterocycles. The standard InChI is InChI=1S/C7H9N3O/c11-5-6-3-7-4-8-1-2-10(7)9-6/h1-2,4-7,9H,3H2. The second-order valence-electron chi connectivity index (χ2n) is 2.68. The van der Waals surface area contributed by atoms with Crippen LogP contribution in [-0.4, -0.2) is 29.6 Å². The summed E-state index contributed by atoms with van der Waals surface area (Å²) in [5, 5.41) is 1.91. The van der Waals surface area contributed by atoms with Crippen LogP contribution in [0.2, 0.25) is 0 Å². The fourth-order valence-electron chi connectivity index (χ4n) is 1.35. The largest absolute Gasteiger partial charge is 0.305 e. The summed E-state index contributed by atoms with van der Waals surface area (Å²) >= 11 is 0. The Hall–Kier alpha value is -1.16. The Bertz CT molecular complexity index is 204. The molecule has 0 saturated carbocycles. The highest BCUT2D eigenvalue weighted by molar-refractivity contribution is 5.69. The van der Waals surface area contributed by atoms with Crippen LogP contribution in [0.15, 0.2) is 17.4 Å². The van der Waals surface area contributed by atoms with Gasteiger partial charge in [0.1, 0.15) is 6.29 Å². The van der Waals surface area contributed by atoms with Crippen LogP contribution in [-0.2, 0) is 4.79 Å². The molecule has 1 fully saturated rings. The average molecular weight is 151 g/mol. The third-order valence-electron chi connectivity index (χ3n) is 1.90. The summed E-state index contributed by atoms with van der Waals surface area (Å²) in [6.45, 7) is 0. The highest BCUT2D eigenvalue weighted by Crippen LogP contribution is 2.14. The maximum absolute atomic E-state index is 10.4. The van der Waals surface area contributed by atoms with Crippen LogP contribution in [0.4, 0.5) is 0 Å². The Balaban J connectivity index is 2.11. The number of nitrogens with zero attached hydrogens (tertiary/aromatic N) is 2. The van der Waals surface area contributed by atoms with E-state index < -0.39 is 0 Å². The molecular formula is C7H9N3O. The molecule has 1 saturated heterocycles. The van der Waals surface area contributed by atoms with Crippen molar-refractivity contribution in [2.45, 2.75) is 18.5 Å². The molecule has 0 bridgehead atoms. The van der Waals surface area contributed by atoms with E-state index in [4.69, 9.17) is 0 Å². The predicted molar refractivity (Wildman–Crippen MR) is 40.9 cm³/mol. The summed E-state index contributed by atoms with van der Waals surface area (Å²) in [5.41, 5.74) is 3.03.